The number of methoxy groups -OCH3 is 1. The standard InChI is InChI=1S/C26H26N2O3/c1-18-7-5-9-21(15-18)26(30)28-14-6-10-19-16-20(12-13-23(19)28)25(29)27-17-22-8-3-4-11-24(22)31-2/h3-5,7-9,11-13,15-16H,6,10,14,17H2,1-2H3,(H,27,29). The van der Waals surface area contributed by atoms with Crippen molar-refractivity contribution in [1.82, 2.24) is 5.32 Å². The van der Waals surface area contributed by atoms with Crippen molar-refractivity contribution < 1.29 is 14.3 Å². The molecular weight excluding hydrogens is 388 g/mol. The van der Waals surface area contributed by atoms with Gasteiger partial charge in [-0.2, -0.15) is 0 Å². The summed E-state index contributed by atoms with van der Waals surface area (Å²) >= 11 is 0. The minimum atomic E-state index is -0.143. The molecule has 2 amide bonds. The predicted octanol–water partition coefficient (Wildman–Crippen LogP) is 4.53. The van der Waals surface area contributed by atoms with E-state index in [2.05, 4.69) is 5.32 Å². The highest BCUT2D eigenvalue weighted by atomic mass is 16.5. The molecule has 0 aliphatic carbocycles. The van der Waals surface area contributed by atoms with Crippen LogP contribution in [0.25, 0.3) is 0 Å². The van der Waals surface area contributed by atoms with E-state index in [4.69, 9.17) is 4.74 Å². The Morgan fingerprint density at radius 1 is 1.00 bits per heavy atom. The largest absolute Gasteiger partial charge is 0.496 e. The number of nitrogens with zero attached hydrogens (tertiary/aromatic N) is 1. The van der Waals surface area contributed by atoms with Crippen LogP contribution in [0.1, 0.15) is 43.8 Å². The van der Waals surface area contributed by atoms with Crippen molar-refractivity contribution in [3.8, 4) is 5.75 Å². The van der Waals surface area contributed by atoms with E-state index in [-0.39, 0.29) is 11.8 Å². The molecule has 1 heterocycles. The molecule has 4 rings (SSSR count). The van der Waals surface area contributed by atoms with Gasteiger partial charge in [-0.3, -0.25) is 9.59 Å². The summed E-state index contributed by atoms with van der Waals surface area (Å²) in [7, 11) is 1.62. The second-order valence-corrected chi connectivity index (χ2v) is 7.77. The lowest BCUT2D eigenvalue weighted by Crippen LogP contribution is -2.35. The number of rotatable bonds is 5. The quantitative estimate of drug-likeness (QED) is 0.668. The van der Waals surface area contributed by atoms with E-state index in [1.165, 1.54) is 0 Å². The van der Waals surface area contributed by atoms with E-state index in [1.54, 1.807) is 13.2 Å². The molecule has 1 N–H and O–H groups in total. The summed E-state index contributed by atoms with van der Waals surface area (Å²) in [6, 6.07) is 20.9. The molecule has 1 aliphatic heterocycles. The Morgan fingerprint density at radius 2 is 1.84 bits per heavy atom. The SMILES string of the molecule is COc1ccccc1CNC(=O)c1ccc2c(c1)CCCN2C(=O)c1cccc(C)c1. The van der Waals surface area contributed by atoms with Crippen molar-refractivity contribution in [1.29, 1.82) is 0 Å². The van der Waals surface area contributed by atoms with Gasteiger partial charge in [0.2, 0.25) is 0 Å². The summed E-state index contributed by atoms with van der Waals surface area (Å²) in [6.07, 6.45) is 1.72. The normalized spacial score (nSPS) is 12.8. The van der Waals surface area contributed by atoms with Crippen LogP contribution in [0.4, 0.5) is 5.69 Å². The maximum absolute atomic E-state index is 13.1. The third kappa shape index (κ3) is 4.45. The summed E-state index contributed by atoms with van der Waals surface area (Å²) < 4.78 is 5.35. The molecule has 5 nitrogen and oxygen atoms in total. The van der Waals surface area contributed by atoms with Gasteiger partial charge in [0.1, 0.15) is 5.75 Å². The summed E-state index contributed by atoms with van der Waals surface area (Å²) in [5.41, 5.74) is 5.18. The van der Waals surface area contributed by atoms with E-state index in [0.29, 0.717) is 24.2 Å². The van der Waals surface area contributed by atoms with Gasteiger partial charge in [0.15, 0.2) is 0 Å². The summed E-state index contributed by atoms with van der Waals surface area (Å²) in [5, 5.41) is 2.96. The minimum Gasteiger partial charge on any atom is -0.496 e. The van der Waals surface area contributed by atoms with Crippen molar-refractivity contribution in [2.45, 2.75) is 26.3 Å². The van der Waals surface area contributed by atoms with Gasteiger partial charge >= 0.3 is 0 Å². The van der Waals surface area contributed by atoms with Crippen LogP contribution in [0.5, 0.6) is 5.75 Å². The molecule has 5 heteroatoms. The highest BCUT2D eigenvalue weighted by Crippen LogP contribution is 2.29. The summed E-state index contributed by atoms with van der Waals surface area (Å²) in [6.45, 7) is 3.05. The van der Waals surface area contributed by atoms with Crippen molar-refractivity contribution >= 4 is 17.5 Å². The van der Waals surface area contributed by atoms with Gasteiger partial charge in [0, 0.05) is 35.5 Å². The molecule has 3 aromatic carbocycles. The molecule has 0 saturated heterocycles. The zero-order valence-corrected chi connectivity index (χ0v) is 17.9. The molecular formula is C26H26N2O3. The Kier molecular flexibility index (Phi) is 6.03. The molecule has 31 heavy (non-hydrogen) atoms. The smallest absolute Gasteiger partial charge is 0.258 e. The molecule has 0 radical (unpaired) electrons. The third-order valence-corrected chi connectivity index (χ3v) is 5.60. The maximum Gasteiger partial charge on any atom is 0.258 e. The highest BCUT2D eigenvalue weighted by molar-refractivity contribution is 6.07. The van der Waals surface area contributed by atoms with Gasteiger partial charge < -0.3 is 15.0 Å². The second kappa shape index (κ2) is 9.04. The first-order valence-electron chi connectivity index (χ1n) is 10.5. The molecule has 3 aromatic rings. The zero-order valence-electron chi connectivity index (χ0n) is 17.9. The highest BCUT2D eigenvalue weighted by Gasteiger charge is 2.24. The minimum absolute atomic E-state index is 0.00183. The average molecular weight is 415 g/mol. The lowest BCUT2D eigenvalue weighted by molar-refractivity contribution is 0.0949. The van der Waals surface area contributed by atoms with Crippen LogP contribution in [0.3, 0.4) is 0 Å². The van der Waals surface area contributed by atoms with Crippen LogP contribution in [0, 0.1) is 6.92 Å². The number of carbonyl (C=O) groups excluding carboxylic acids is 2. The third-order valence-electron chi connectivity index (χ3n) is 5.60. The van der Waals surface area contributed by atoms with E-state index in [0.717, 1.165) is 41.0 Å². The van der Waals surface area contributed by atoms with E-state index < -0.39 is 0 Å². The van der Waals surface area contributed by atoms with E-state index in [9.17, 15) is 9.59 Å². The molecule has 0 unspecified atom stereocenters. The number of carbonyl (C=O) groups is 2. The number of ether oxygens (including phenoxy) is 1. The monoisotopic (exact) mass is 414 g/mol. The fraction of sp³-hybridized carbons (Fsp3) is 0.231. The fourth-order valence-electron chi connectivity index (χ4n) is 4.01. The fourth-order valence-corrected chi connectivity index (χ4v) is 4.01. The van der Waals surface area contributed by atoms with Crippen LogP contribution < -0.4 is 15.0 Å². The van der Waals surface area contributed by atoms with Gasteiger partial charge in [0.05, 0.1) is 7.11 Å². The number of para-hydroxylation sites is 1. The lowest BCUT2D eigenvalue weighted by Gasteiger charge is -2.30. The van der Waals surface area contributed by atoms with E-state index >= 15 is 0 Å². The first kappa shape index (κ1) is 20.7. The van der Waals surface area contributed by atoms with Gasteiger partial charge in [-0.1, -0.05) is 35.9 Å². The zero-order chi connectivity index (χ0) is 21.8. The average Bonchev–Trinajstić information content (AvgIpc) is 2.81. The molecule has 0 aromatic heterocycles. The molecule has 0 spiro atoms. The number of fused-ring (bicyclic) bond motifs is 1. The Morgan fingerprint density at radius 3 is 2.65 bits per heavy atom. The molecule has 1 aliphatic rings. The lowest BCUT2D eigenvalue weighted by atomic mass is 9.98. The Labute approximate surface area is 182 Å². The predicted molar refractivity (Wildman–Crippen MR) is 122 cm³/mol. The van der Waals surface area contributed by atoms with Crippen LogP contribution in [0.15, 0.2) is 66.7 Å². The number of benzene rings is 3. The summed E-state index contributed by atoms with van der Waals surface area (Å²) in [5.74, 6) is 0.604. The van der Waals surface area contributed by atoms with Gasteiger partial charge in [-0.25, -0.2) is 0 Å². The van der Waals surface area contributed by atoms with Crippen molar-refractivity contribution in [2.24, 2.45) is 0 Å². The molecule has 0 fully saturated rings. The van der Waals surface area contributed by atoms with Crippen LogP contribution in [-0.4, -0.2) is 25.5 Å². The van der Waals surface area contributed by atoms with Crippen LogP contribution >= 0.6 is 0 Å². The van der Waals surface area contributed by atoms with Crippen LogP contribution in [-0.2, 0) is 13.0 Å². The first-order valence-corrected chi connectivity index (χ1v) is 10.5. The number of amides is 2. The topological polar surface area (TPSA) is 58.6 Å². The Hall–Kier alpha value is -3.60. The Bertz CT molecular complexity index is 1120. The van der Waals surface area contributed by atoms with Crippen LogP contribution in [0.2, 0.25) is 0 Å². The molecule has 158 valence electrons. The molecule has 0 bridgehead atoms. The van der Waals surface area contributed by atoms with Gasteiger partial charge in [-0.15, -0.1) is 0 Å². The van der Waals surface area contributed by atoms with Gasteiger partial charge in [0.25, 0.3) is 11.8 Å². The number of aryl methyl sites for hydroxylation is 2. The van der Waals surface area contributed by atoms with Crippen molar-refractivity contribution in [3.05, 3.63) is 94.5 Å². The van der Waals surface area contributed by atoms with E-state index in [1.807, 2.05) is 72.5 Å². The van der Waals surface area contributed by atoms with Gasteiger partial charge in [-0.05, 0) is 61.7 Å². The maximum atomic E-state index is 13.1. The number of hydrogen-bond donors (Lipinski definition) is 1. The molecule has 0 saturated carbocycles. The number of hydrogen-bond acceptors (Lipinski definition) is 3. The summed E-state index contributed by atoms with van der Waals surface area (Å²) in [4.78, 5) is 27.7. The molecule has 0 atom stereocenters. The van der Waals surface area contributed by atoms with Crippen molar-refractivity contribution in [3.63, 3.8) is 0 Å². The Balaban J connectivity index is 1.51. The second-order valence-electron chi connectivity index (χ2n) is 7.77. The number of anilines is 1. The first-order chi connectivity index (χ1) is 15.1. The van der Waals surface area contributed by atoms with Crippen molar-refractivity contribution in [2.75, 3.05) is 18.6 Å². The number of nitrogens with one attached hydrogen (secondary N) is 1.